The smallest absolute Gasteiger partial charge is 0.319 e. The van der Waals surface area contributed by atoms with Gasteiger partial charge in [0.15, 0.2) is 5.78 Å². The van der Waals surface area contributed by atoms with E-state index in [1.807, 2.05) is 18.7 Å². The summed E-state index contributed by atoms with van der Waals surface area (Å²) in [6.45, 7) is 7.25. The Labute approximate surface area is 182 Å². The molecule has 2 heterocycles. The molecule has 2 fully saturated rings. The van der Waals surface area contributed by atoms with Gasteiger partial charge >= 0.3 is 6.03 Å². The maximum absolute atomic E-state index is 13.9. The minimum atomic E-state index is -0.712. The van der Waals surface area contributed by atoms with Crippen molar-refractivity contribution in [2.24, 2.45) is 11.8 Å². The van der Waals surface area contributed by atoms with E-state index in [1.54, 1.807) is 9.80 Å². The molecule has 0 aromatic heterocycles. The van der Waals surface area contributed by atoms with Gasteiger partial charge in [0.2, 0.25) is 5.91 Å². The van der Waals surface area contributed by atoms with Crippen molar-refractivity contribution in [3.05, 3.63) is 35.4 Å². The second-order valence-electron chi connectivity index (χ2n) is 8.30. The van der Waals surface area contributed by atoms with Gasteiger partial charge in [0.25, 0.3) is 0 Å². The van der Waals surface area contributed by atoms with Gasteiger partial charge in [0, 0.05) is 51.1 Å². The molecule has 8 heteroatoms. The summed E-state index contributed by atoms with van der Waals surface area (Å²) in [6.07, 6.45) is 2.16. The number of hydrogen-bond acceptors (Lipinski definition) is 3. The van der Waals surface area contributed by atoms with Crippen LogP contribution in [0.3, 0.4) is 0 Å². The third-order valence-electron chi connectivity index (χ3n) is 6.52. The molecule has 0 aliphatic carbocycles. The SMILES string of the molecule is CCN(CC)C(=O)N1CCC(C(=O)N2CCC(C(=O)c3cc(F)ccc3F)CC2)CC1. The van der Waals surface area contributed by atoms with Crippen LogP contribution >= 0.6 is 0 Å². The molecule has 0 atom stereocenters. The molecule has 0 spiro atoms. The molecule has 31 heavy (non-hydrogen) atoms. The van der Waals surface area contributed by atoms with Crippen LogP contribution in [-0.4, -0.2) is 71.7 Å². The van der Waals surface area contributed by atoms with E-state index in [0.29, 0.717) is 65.0 Å². The highest BCUT2D eigenvalue weighted by Gasteiger charge is 2.34. The average Bonchev–Trinajstić information content (AvgIpc) is 2.80. The molecule has 6 nitrogen and oxygen atoms in total. The zero-order chi connectivity index (χ0) is 22.5. The summed E-state index contributed by atoms with van der Waals surface area (Å²) in [5, 5.41) is 0. The van der Waals surface area contributed by atoms with Gasteiger partial charge in [-0.2, -0.15) is 0 Å². The molecule has 0 radical (unpaired) electrons. The summed E-state index contributed by atoms with van der Waals surface area (Å²) in [7, 11) is 0. The van der Waals surface area contributed by atoms with Gasteiger partial charge in [-0.15, -0.1) is 0 Å². The molecule has 3 rings (SSSR count). The molecule has 2 saturated heterocycles. The normalized spacial score (nSPS) is 18.2. The molecule has 170 valence electrons. The Morgan fingerprint density at radius 1 is 0.903 bits per heavy atom. The largest absolute Gasteiger partial charge is 0.342 e. The van der Waals surface area contributed by atoms with Crippen molar-refractivity contribution in [3.63, 3.8) is 0 Å². The van der Waals surface area contributed by atoms with Crippen LogP contribution in [0.2, 0.25) is 0 Å². The highest BCUT2D eigenvalue weighted by molar-refractivity contribution is 5.98. The standard InChI is InChI=1S/C23H31F2N3O3/c1-3-26(4-2)23(31)28-13-9-17(10-14-28)22(30)27-11-7-16(8-12-27)21(29)19-15-18(24)5-6-20(19)25/h5-6,15-17H,3-4,7-14H2,1-2H3. The first kappa shape index (κ1) is 23.2. The van der Waals surface area contributed by atoms with Crippen LogP contribution < -0.4 is 0 Å². The summed E-state index contributed by atoms with van der Waals surface area (Å²) in [6, 6.07) is 2.94. The van der Waals surface area contributed by atoms with Gasteiger partial charge < -0.3 is 14.7 Å². The maximum Gasteiger partial charge on any atom is 0.319 e. The van der Waals surface area contributed by atoms with E-state index in [0.717, 1.165) is 18.2 Å². The lowest BCUT2D eigenvalue weighted by Crippen LogP contribution is -2.50. The first-order chi connectivity index (χ1) is 14.8. The highest BCUT2D eigenvalue weighted by atomic mass is 19.1. The van der Waals surface area contributed by atoms with Crippen LogP contribution in [0.5, 0.6) is 0 Å². The maximum atomic E-state index is 13.9. The van der Waals surface area contributed by atoms with Crippen molar-refractivity contribution >= 4 is 17.7 Å². The van der Waals surface area contributed by atoms with E-state index in [-0.39, 0.29) is 23.4 Å². The predicted molar refractivity (Wildman–Crippen MR) is 113 cm³/mol. The molecule has 1 aromatic rings. The first-order valence-corrected chi connectivity index (χ1v) is 11.2. The van der Waals surface area contributed by atoms with Crippen LogP contribution in [-0.2, 0) is 4.79 Å². The number of carbonyl (C=O) groups is 3. The number of likely N-dealkylation sites (tertiary alicyclic amines) is 2. The van der Waals surface area contributed by atoms with Crippen LogP contribution in [0.1, 0.15) is 49.9 Å². The molecule has 2 aliphatic heterocycles. The number of carbonyl (C=O) groups excluding carboxylic acids is 3. The average molecular weight is 436 g/mol. The number of benzene rings is 1. The predicted octanol–water partition coefficient (Wildman–Crippen LogP) is 3.56. The van der Waals surface area contributed by atoms with Crippen molar-refractivity contribution in [1.82, 2.24) is 14.7 Å². The van der Waals surface area contributed by atoms with E-state index in [9.17, 15) is 23.2 Å². The highest BCUT2D eigenvalue weighted by Crippen LogP contribution is 2.27. The molecule has 0 saturated carbocycles. The van der Waals surface area contributed by atoms with Crippen LogP contribution in [0, 0.1) is 23.5 Å². The number of halogens is 2. The van der Waals surface area contributed by atoms with E-state index < -0.39 is 23.3 Å². The summed E-state index contributed by atoms with van der Waals surface area (Å²) in [4.78, 5) is 43.4. The Bertz CT molecular complexity index is 812. The Balaban J connectivity index is 1.50. The lowest BCUT2D eigenvalue weighted by molar-refractivity contribution is -0.138. The molecular weight excluding hydrogens is 404 g/mol. The lowest BCUT2D eigenvalue weighted by atomic mass is 9.87. The fourth-order valence-corrected chi connectivity index (χ4v) is 4.54. The summed E-state index contributed by atoms with van der Waals surface area (Å²) in [5.74, 6) is -2.20. The Hall–Kier alpha value is -2.51. The number of urea groups is 1. The van der Waals surface area contributed by atoms with Crippen molar-refractivity contribution in [1.29, 1.82) is 0 Å². The Morgan fingerprint density at radius 2 is 1.45 bits per heavy atom. The minimum absolute atomic E-state index is 0.0276. The van der Waals surface area contributed by atoms with Gasteiger partial charge in [0.1, 0.15) is 11.6 Å². The van der Waals surface area contributed by atoms with E-state index in [1.165, 1.54) is 0 Å². The number of rotatable bonds is 5. The van der Waals surface area contributed by atoms with Crippen molar-refractivity contribution < 1.29 is 23.2 Å². The lowest BCUT2D eigenvalue weighted by Gasteiger charge is -2.38. The molecule has 1 aromatic carbocycles. The van der Waals surface area contributed by atoms with E-state index in [2.05, 4.69) is 0 Å². The molecule has 3 amide bonds. The molecular formula is C23H31F2N3O3. The number of nitrogens with zero attached hydrogens (tertiary/aromatic N) is 3. The number of ketones is 1. The number of amides is 3. The van der Waals surface area contributed by atoms with Crippen LogP contribution in [0.4, 0.5) is 13.6 Å². The number of hydrogen-bond donors (Lipinski definition) is 0. The van der Waals surface area contributed by atoms with Gasteiger partial charge in [0.05, 0.1) is 5.56 Å². The zero-order valence-electron chi connectivity index (χ0n) is 18.3. The number of piperidine rings is 2. The van der Waals surface area contributed by atoms with Gasteiger partial charge in [-0.1, -0.05) is 0 Å². The van der Waals surface area contributed by atoms with Crippen molar-refractivity contribution in [2.45, 2.75) is 39.5 Å². The third-order valence-corrected chi connectivity index (χ3v) is 6.52. The molecule has 0 bridgehead atoms. The Morgan fingerprint density at radius 3 is 2.03 bits per heavy atom. The van der Waals surface area contributed by atoms with Gasteiger partial charge in [-0.05, 0) is 57.7 Å². The summed E-state index contributed by atoms with van der Waals surface area (Å²) in [5.41, 5.74) is -0.213. The molecule has 0 unspecified atom stereocenters. The zero-order valence-corrected chi connectivity index (χ0v) is 18.3. The quantitative estimate of drug-likeness (QED) is 0.665. The van der Waals surface area contributed by atoms with Crippen LogP contribution in [0.15, 0.2) is 18.2 Å². The van der Waals surface area contributed by atoms with Gasteiger partial charge in [-0.25, -0.2) is 13.6 Å². The second kappa shape index (κ2) is 10.2. The minimum Gasteiger partial charge on any atom is -0.342 e. The van der Waals surface area contributed by atoms with Crippen molar-refractivity contribution in [2.75, 3.05) is 39.3 Å². The summed E-state index contributed by atoms with van der Waals surface area (Å²) >= 11 is 0. The Kier molecular flexibility index (Phi) is 7.62. The summed E-state index contributed by atoms with van der Waals surface area (Å²) < 4.78 is 27.3. The molecule has 2 aliphatic rings. The third kappa shape index (κ3) is 5.22. The van der Waals surface area contributed by atoms with E-state index >= 15 is 0 Å². The van der Waals surface area contributed by atoms with Gasteiger partial charge in [-0.3, -0.25) is 9.59 Å². The second-order valence-corrected chi connectivity index (χ2v) is 8.30. The fourth-order valence-electron chi connectivity index (χ4n) is 4.54. The van der Waals surface area contributed by atoms with Crippen molar-refractivity contribution in [3.8, 4) is 0 Å². The van der Waals surface area contributed by atoms with E-state index in [4.69, 9.17) is 0 Å². The topological polar surface area (TPSA) is 60.9 Å². The fraction of sp³-hybridized carbons (Fsp3) is 0.609. The monoisotopic (exact) mass is 435 g/mol. The van der Waals surface area contributed by atoms with Crippen LogP contribution in [0.25, 0.3) is 0 Å². The molecule has 0 N–H and O–H groups in total. The first-order valence-electron chi connectivity index (χ1n) is 11.2. The number of Topliss-reactive ketones (excluding diaryl/α,β-unsaturated/α-hetero) is 1.